The van der Waals surface area contributed by atoms with Gasteiger partial charge in [-0.15, -0.1) is 0 Å². The third-order valence-electron chi connectivity index (χ3n) is 2.96. The minimum absolute atomic E-state index is 0.232. The minimum atomic E-state index is -0.257. The first kappa shape index (κ1) is 12.9. The second kappa shape index (κ2) is 5.01. The van der Waals surface area contributed by atoms with Crippen molar-refractivity contribution in [2.75, 3.05) is 24.8 Å². The molecule has 2 rings (SSSR count). The number of aryl methyl sites for hydroxylation is 1. The molecule has 19 heavy (non-hydrogen) atoms. The van der Waals surface area contributed by atoms with Gasteiger partial charge >= 0.3 is 0 Å². The molecule has 3 N–H and O–H groups in total. The van der Waals surface area contributed by atoms with E-state index < -0.39 is 0 Å². The summed E-state index contributed by atoms with van der Waals surface area (Å²) in [4.78, 5) is 13.8. The predicted octanol–water partition coefficient (Wildman–Crippen LogP) is 1.59. The van der Waals surface area contributed by atoms with Crippen LogP contribution in [0.15, 0.2) is 24.3 Å². The Morgan fingerprint density at radius 3 is 2.47 bits per heavy atom. The highest BCUT2D eigenvalue weighted by Gasteiger charge is 2.20. The zero-order chi connectivity index (χ0) is 14.0. The number of nitrogens with two attached hydrogens (primary N) is 1. The monoisotopic (exact) mass is 260 g/mol. The number of ether oxygens (including phenoxy) is 1. The van der Waals surface area contributed by atoms with E-state index in [0.29, 0.717) is 11.4 Å². The van der Waals surface area contributed by atoms with E-state index in [-0.39, 0.29) is 11.6 Å². The van der Waals surface area contributed by atoms with Gasteiger partial charge < -0.3 is 15.4 Å². The maximum Gasteiger partial charge on any atom is 0.280 e. The summed E-state index contributed by atoms with van der Waals surface area (Å²) in [6.45, 7) is 1.77. The Kier molecular flexibility index (Phi) is 3.41. The number of amides is 1. The average molecular weight is 260 g/mol. The first-order valence-corrected chi connectivity index (χ1v) is 5.77. The highest BCUT2D eigenvalue weighted by atomic mass is 16.5. The van der Waals surface area contributed by atoms with Gasteiger partial charge in [0.15, 0.2) is 5.69 Å². The quantitative estimate of drug-likeness (QED) is 0.877. The second-order valence-electron chi connectivity index (χ2n) is 4.17. The van der Waals surface area contributed by atoms with E-state index in [9.17, 15) is 4.79 Å². The number of nitrogens with one attached hydrogen (secondary N) is 1. The van der Waals surface area contributed by atoms with Gasteiger partial charge in [-0.3, -0.25) is 9.89 Å². The third kappa shape index (κ3) is 2.37. The number of hydrogen-bond acceptors (Lipinski definition) is 4. The van der Waals surface area contributed by atoms with Crippen molar-refractivity contribution in [3.05, 3.63) is 35.7 Å². The van der Waals surface area contributed by atoms with Crippen LogP contribution in [0.2, 0.25) is 0 Å². The molecule has 100 valence electrons. The largest absolute Gasteiger partial charge is 0.497 e. The molecule has 6 nitrogen and oxygen atoms in total. The minimum Gasteiger partial charge on any atom is -0.497 e. The van der Waals surface area contributed by atoms with Crippen molar-refractivity contribution >= 4 is 17.3 Å². The maximum atomic E-state index is 12.3. The SMILES string of the molecule is COc1ccc(N(C)C(=O)c2n[nH]c(C)c2N)cc1. The standard InChI is InChI=1S/C13H16N4O2/c1-8-11(14)12(16-15-8)13(18)17(2)9-4-6-10(19-3)7-5-9/h4-7H,14H2,1-3H3,(H,15,16). The molecule has 0 saturated carbocycles. The number of aromatic nitrogens is 2. The smallest absolute Gasteiger partial charge is 0.280 e. The van der Waals surface area contributed by atoms with Crippen molar-refractivity contribution in [2.45, 2.75) is 6.92 Å². The summed E-state index contributed by atoms with van der Waals surface area (Å²) in [6, 6.07) is 7.18. The van der Waals surface area contributed by atoms with E-state index in [1.165, 1.54) is 4.90 Å². The van der Waals surface area contributed by atoms with Crippen LogP contribution < -0.4 is 15.4 Å². The molecule has 1 amide bonds. The molecular formula is C13H16N4O2. The van der Waals surface area contributed by atoms with E-state index in [0.717, 1.165) is 11.4 Å². The topological polar surface area (TPSA) is 84.2 Å². The molecular weight excluding hydrogens is 244 g/mol. The zero-order valence-corrected chi connectivity index (χ0v) is 11.1. The summed E-state index contributed by atoms with van der Waals surface area (Å²) in [6.07, 6.45) is 0. The maximum absolute atomic E-state index is 12.3. The van der Waals surface area contributed by atoms with Gasteiger partial charge in [-0.25, -0.2) is 0 Å². The van der Waals surface area contributed by atoms with Crippen LogP contribution in [0.1, 0.15) is 16.2 Å². The number of aromatic amines is 1. The number of carbonyl (C=O) groups is 1. The lowest BCUT2D eigenvalue weighted by Gasteiger charge is -2.16. The Balaban J connectivity index is 2.25. The molecule has 0 unspecified atom stereocenters. The fourth-order valence-corrected chi connectivity index (χ4v) is 1.68. The Morgan fingerprint density at radius 1 is 1.37 bits per heavy atom. The van der Waals surface area contributed by atoms with E-state index in [1.807, 2.05) is 0 Å². The number of benzene rings is 1. The molecule has 0 aliphatic carbocycles. The van der Waals surface area contributed by atoms with Gasteiger partial charge in [0.2, 0.25) is 0 Å². The van der Waals surface area contributed by atoms with Crippen molar-refractivity contribution in [3.63, 3.8) is 0 Å². The summed E-state index contributed by atoms with van der Waals surface area (Å²) < 4.78 is 5.08. The van der Waals surface area contributed by atoms with Crippen LogP contribution in [-0.2, 0) is 0 Å². The van der Waals surface area contributed by atoms with Gasteiger partial charge in [0.1, 0.15) is 5.75 Å². The highest BCUT2D eigenvalue weighted by molar-refractivity contribution is 6.07. The molecule has 0 atom stereocenters. The van der Waals surface area contributed by atoms with Crippen LogP contribution in [0.25, 0.3) is 0 Å². The fourth-order valence-electron chi connectivity index (χ4n) is 1.68. The second-order valence-corrected chi connectivity index (χ2v) is 4.17. The van der Waals surface area contributed by atoms with Crippen LogP contribution in [0.4, 0.5) is 11.4 Å². The Labute approximate surface area is 111 Å². The van der Waals surface area contributed by atoms with Gasteiger partial charge in [-0.05, 0) is 31.2 Å². The van der Waals surface area contributed by atoms with Gasteiger partial charge in [0, 0.05) is 12.7 Å². The molecule has 1 aromatic carbocycles. The van der Waals surface area contributed by atoms with E-state index in [1.54, 1.807) is 45.3 Å². The lowest BCUT2D eigenvalue weighted by Crippen LogP contribution is -2.27. The van der Waals surface area contributed by atoms with Gasteiger partial charge in [0.05, 0.1) is 18.5 Å². The normalized spacial score (nSPS) is 10.3. The first-order valence-electron chi connectivity index (χ1n) is 5.77. The molecule has 0 aliphatic rings. The summed E-state index contributed by atoms with van der Waals surface area (Å²) in [5, 5.41) is 6.63. The molecule has 0 saturated heterocycles. The summed E-state index contributed by atoms with van der Waals surface area (Å²) in [5.41, 5.74) is 7.84. The van der Waals surface area contributed by atoms with E-state index in [2.05, 4.69) is 10.2 Å². The molecule has 0 radical (unpaired) electrons. The zero-order valence-electron chi connectivity index (χ0n) is 11.1. The van der Waals surface area contributed by atoms with Crippen molar-refractivity contribution in [2.24, 2.45) is 0 Å². The Hall–Kier alpha value is -2.50. The lowest BCUT2D eigenvalue weighted by molar-refractivity contribution is 0.0989. The number of H-pyrrole nitrogens is 1. The van der Waals surface area contributed by atoms with Crippen molar-refractivity contribution < 1.29 is 9.53 Å². The summed E-state index contributed by atoms with van der Waals surface area (Å²) in [7, 11) is 3.27. The van der Waals surface area contributed by atoms with E-state index >= 15 is 0 Å². The summed E-state index contributed by atoms with van der Waals surface area (Å²) >= 11 is 0. The number of rotatable bonds is 3. The predicted molar refractivity (Wildman–Crippen MR) is 73.5 cm³/mol. The highest BCUT2D eigenvalue weighted by Crippen LogP contribution is 2.21. The van der Waals surface area contributed by atoms with Crippen molar-refractivity contribution in [3.8, 4) is 5.75 Å². The van der Waals surface area contributed by atoms with Crippen molar-refractivity contribution in [1.82, 2.24) is 10.2 Å². The van der Waals surface area contributed by atoms with Gasteiger partial charge in [-0.2, -0.15) is 5.10 Å². The number of carbonyl (C=O) groups excluding carboxylic acids is 1. The molecule has 2 aromatic rings. The Bertz CT molecular complexity index is 589. The van der Waals surface area contributed by atoms with Gasteiger partial charge in [-0.1, -0.05) is 0 Å². The lowest BCUT2D eigenvalue weighted by atomic mass is 10.2. The van der Waals surface area contributed by atoms with Gasteiger partial charge in [0.25, 0.3) is 5.91 Å². The number of nitrogen functional groups attached to an aromatic ring is 1. The molecule has 0 aliphatic heterocycles. The van der Waals surface area contributed by atoms with Crippen molar-refractivity contribution in [1.29, 1.82) is 0 Å². The molecule has 6 heteroatoms. The average Bonchev–Trinajstić information content (AvgIpc) is 2.77. The van der Waals surface area contributed by atoms with Crippen LogP contribution in [-0.4, -0.2) is 30.3 Å². The Morgan fingerprint density at radius 2 is 2.00 bits per heavy atom. The number of anilines is 2. The first-order chi connectivity index (χ1) is 9.04. The van der Waals surface area contributed by atoms with Crippen LogP contribution in [0, 0.1) is 6.92 Å². The molecule has 0 spiro atoms. The number of methoxy groups -OCH3 is 1. The number of hydrogen-bond donors (Lipinski definition) is 2. The van der Waals surface area contributed by atoms with E-state index in [4.69, 9.17) is 10.5 Å². The number of nitrogens with zero attached hydrogens (tertiary/aromatic N) is 2. The third-order valence-corrected chi connectivity index (χ3v) is 2.96. The molecule has 1 heterocycles. The molecule has 0 bridgehead atoms. The van der Waals surface area contributed by atoms with Crippen LogP contribution in [0.3, 0.4) is 0 Å². The van der Waals surface area contributed by atoms with Crippen LogP contribution in [0.5, 0.6) is 5.75 Å². The fraction of sp³-hybridized carbons (Fsp3) is 0.231. The summed E-state index contributed by atoms with van der Waals surface area (Å²) in [5.74, 6) is 0.478. The molecule has 1 aromatic heterocycles. The molecule has 0 fully saturated rings. The van der Waals surface area contributed by atoms with Crippen LogP contribution >= 0.6 is 0 Å².